The third-order valence-electron chi connectivity index (χ3n) is 3.99. The molecule has 1 aromatic carbocycles. The van der Waals surface area contributed by atoms with Gasteiger partial charge in [0, 0.05) is 17.2 Å². The number of hydrogen-bond acceptors (Lipinski definition) is 5. The minimum atomic E-state index is -0.493. The van der Waals surface area contributed by atoms with Gasteiger partial charge < -0.3 is 11.1 Å². The average molecular weight is 358 g/mol. The molecule has 0 aliphatic rings. The lowest BCUT2D eigenvalue weighted by molar-refractivity contribution is -0.122. The van der Waals surface area contributed by atoms with Gasteiger partial charge in [0.05, 0.1) is 0 Å². The number of nitrogens with one attached hydrogen (secondary N) is 1. The largest absolute Gasteiger partial charge is 0.366 e. The molecule has 140 valence electrons. The van der Waals surface area contributed by atoms with Crippen LogP contribution in [0.1, 0.15) is 50.4 Å². The minimum absolute atomic E-state index is 0.0148. The van der Waals surface area contributed by atoms with Gasteiger partial charge in [-0.2, -0.15) is 4.80 Å². The van der Waals surface area contributed by atoms with E-state index in [-0.39, 0.29) is 18.5 Å². The minimum Gasteiger partial charge on any atom is -0.366 e. The van der Waals surface area contributed by atoms with Gasteiger partial charge in [-0.05, 0) is 36.6 Å². The second kappa shape index (κ2) is 9.07. The maximum atomic E-state index is 12.1. The number of hydrogen-bond donors (Lipinski definition) is 2. The van der Waals surface area contributed by atoms with E-state index in [2.05, 4.69) is 34.6 Å². The highest BCUT2D eigenvalue weighted by Gasteiger charge is 2.12. The van der Waals surface area contributed by atoms with Crippen LogP contribution < -0.4 is 11.1 Å². The Hall–Kier alpha value is -2.77. The molecule has 8 nitrogen and oxygen atoms in total. The van der Waals surface area contributed by atoms with E-state index < -0.39 is 5.91 Å². The van der Waals surface area contributed by atoms with Crippen molar-refractivity contribution in [3.63, 3.8) is 0 Å². The quantitative estimate of drug-likeness (QED) is 0.709. The Kier molecular flexibility index (Phi) is 6.82. The van der Waals surface area contributed by atoms with Crippen LogP contribution in [0.15, 0.2) is 24.3 Å². The maximum Gasteiger partial charge on any atom is 0.248 e. The van der Waals surface area contributed by atoms with Crippen molar-refractivity contribution in [1.82, 2.24) is 25.5 Å². The summed E-state index contributed by atoms with van der Waals surface area (Å²) in [6.45, 7) is 6.40. The molecule has 0 spiro atoms. The van der Waals surface area contributed by atoms with E-state index >= 15 is 0 Å². The molecule has 1 atom stereocenters. The number of tetrazole rings is 1. The average Bonchev–Trinajstić information content (AvgIpc) is 3.02. The first-order valence-corrected chi connectivity index (χ1v) is 8.82. The molecule has 0 radical (unpaired) electrons. The molecule has 0 aliphatic heterocycles. The van der Waals surface area contributed by atoms with Crippen molar-refractivity contribution >= 4 is 11.8 Å². The van der Waals surface area contributed by atoms with Crippen LogP contribution in [0, 0.1) is 5.92 Å². The van der Waals surface area contributed by atoms with Crippen molar-refractivity contribution < 1.29 is 9.59 Å². The lowest BCUT2D eigenvalue weighted by Gasteiger charge is -2.14. The van der Waals surface area contributed by atoms with Gasteiger partial charge in [-0.25, -0.2) is 0 Å². The summed E-state index contributed by atoms with van der Waals surface area (Å²) < 4.78 is 0. The van der Waals surface area contributed by atoms with E-state index in [1.165, 1.54) is 4.80 Å². The summed E-state index contributed by atoms with van der Waals surface area (Å²) >= 11 is 0. The Morgan fingerprint density at radius 3 is 2.46 bits per heavy atom. The van der Waals surface area contributed by atoms with Gasteiger partial charge in [0.1, 0.15) is 6.54 Å². The first-order chi connectivity index (χ1) is 12.3. The summed E-state index contributed by atoms with van der Waals surface area (Å²) in [4.78, 5) is 24.4. The van der Waals surface area contributed by atoms with Crippen molar-refractivity contribution in [2.75, 3.05) is 0 Å². The number of rotatable bonds is 9. The van der Waals surface area contributed by atoms with E-state index in [1.54, 1.807) is 24.3 Å². The SMILES string of the molecule is CC(C)CCC[C@H](C)NC(=O)Cn1nnc(-c2ccc(C(N)=O)cc2)n1. The molecule has 1 aromatic heterocycles. The number of primary amides is 1. The predicted octanol–water partition coefficient (Wildman–Crippen LogP) is 1.77. The molecular formula is C18H26N6O2. The molecule has 2 amide bonds. The van der Waals surface area contributed by atoms with Crippen molar-refractivity contribution in [1.29, 1.82) is 0 Å². The van der Waals surface area contributed by atoms with Crippen molar-refractivity contribution in [2.24, 2.45) is 11.7 Å². The second-order valence-electron chi connectivity index (χ2n) is 6.88. The standard InChI is InChI=1S/C18H26N6O2/c1-12(2)5-4-6-13(3)20-16(25)11-24-22-18(21-23-24)15-9-7-14(8-10-15)17(19)26/h7-10,12-13H,4-6,11H2,1-3H3,(H2,19,26)(H,20,25)/t13-/m0/s1. The molecule has 1 heterocycles. The fourth-order valence-electron chi connectivity index (χ4n) is 2.56. The molecule has 0 bridgehead atoms. The van der Waals surface area contributed by atoms with Crippen LogP contribution in [0.4, 0.5) is 0 Å². The van der Waals surface area contributed by atoms with Gasteiger partial charge in [0.25, 0.3) is 0 Å². The van der Waals surface area contributed by atoms with Crippen LogP contribution in [-0.4, -0.2) is 38.1 Å². The molecule has 8 heteroatoms. The fourth-order valence-corrected chi connectivity index (χ4v) is 2.56. The Morgan fingerprint density at radius 1 is 1.15 bits per heavy atom. The summed E-state index contributed by atoms with van der Waals surface area (Å²) in [5.74, 6) is 0.425. The topological polar surface area (TPSA) is 116 Å². The van der Waals surface area contributed by atoms with Gasteiger partial charge in [0.15, 0.2) is 0 Å². The van der Waals surface area contributed by atoms with E-state index in [0.29, 0.717) is 22.9 Å². The number of aromatic nitrogens is 4. The van der Waals surface area contributed by atoms with Crippen LogP contribution in [0.3, 0.4) is 0 Å². The zero-order valence-corrected chi connectivity index (χ0v) is 15.5. The molecule has 3 N–H and O–H groups in total. The lowest BCUT2D eigenvalue weighted by atomic mass is 10.0. The third kappa shape index (κ3) is 5.94. The molecule has 0 aliphatic carbocycles. The van der Waals surface area contributed by atoms with Crippen molar-refractivity contribution in [3.05, 3.63) is 29.8 Å². The normalized spacial score (nSPS) is 12.2. The summed E-state index contributed by atoms with van der Waals surface area (Å²) in [5.41, 5.74) is 6.32. The summed E-state index contributed by atoms with van der Waals surface area (Å²) in [5, 5.41) is 15.0. The maximum absolute atomic E-state index is 12.1. The highest BCUT2D eigenvalue weighted by atomic mass is 16.2. The molecule has 0 saturated heterocycles. The smallest absolute Gasteiger partial charge is 0.248 e. The van der Waals surface area contributed by atoms with Crippen LogP contribution in [0.2, 0.25) is 0 Å². The summed E-state index contributed by atoms with van der Waals surface area (Å²) in [7, 11) is 0. The Bertz CT molecular complexity index is 738. The van der Waals surface area contributed by atoms with Crippen LogP contribution in [0.25, 0.3) is 11.4 Å². The van der Waals surface area contributed by atoms with Crippen LogP contribution in [0.5, 0.6) is 0 Å². The zero-order valence-electron chi connectivity index (χ0n) is 15.5. The van der Waals surface area contributed by atoms with Crippen LogP contribution >= 0.6 is 0 Å². The van der Waals surface area contributed by atoms with Crippen molar-refractivity contribution in [2.45, 2.75) is 52.6 Å². The monoisotopic (exact) mass is 358 g/mol. The van der Waals surface area contributed by atoms with Crippen LogP contribution in [-0.2, 0) is 11.3 Å². The number of carbonyl (C=O) groups excluding carboxylic acids is 2. The van der Waals surface area contributed by atoms with Gasteiger partial charge in [-0.15, -0.1) is 10.2 Å². The molecule has 0 fully saturated rings. The van der Waals surface area contributed by atoms with E-state index in [1.807, 2.05) is 6.92 Å². The third-order valence-corrected chi connectivity index (χ3v) is 3.99. The Labute approximate surface area is 153 Å². The second-order valence-corrected chi connectivity index (χ2v) is 6.88. The highest BCUT2D eigenvalue weighted by molar-refractivity contribution is 5.93. The summed E-state index contributed by atoms with van der Waals surface area (Å²) in [6, 6.07) is 6.70. The number of amides is 2. The lowest BCUT2D eigenvalue weighted by Crippen LogP contribution is -2.35. The van der Waals surface area contributed by atoms with Gasteiger partial charge in [0.2, 0.25) is 17.6 Å². The first-order valence-electron chi connectivity index (χ1n) is 8.82. The molecule has 2 aromatic rings. The van der Waals surface area contributed by atoms with E-state index in [4.69, 9.17) is 5.73 Å². The first kappa shape index (κ1) is 19.6. The number of benzene rings is 1. The molecule has 26 heavy (non-hydrogen) atoms. The van der Waals surface area contributed by atoms with Crippen molar-refractivity contribution in [3.8, 4) is 11.4 Å². The van der Waals surface area contributed by atoms with E-state index in [0.717, 1.165) is 19.3 Å². The van der Waals surface area contributed by atoms with Gasteiger partial charge in [-0.1, -0.05) is 38.8 Å². The van der Waals surface area contributed by atoms with Gasteiger partial charge in [-0.3, -0.25) is 9.59 Å². The molecule has 0 saturated carbocycles. The zero-order chi connectivity index (χ0) is 19.1. The summed E-state index contributed by atoms with van der Waals surface area (Å²) in [6.07, 6.45) is 3.20. The molecule has 0 unspecified atom stereocenters. The van der Waals surface area contributed by atoms with Gasteiger partial charge >= 0.3 is 0 Å². The number of carbonyl (C=O) groups is 2. The number of nitrogens with zero attached hydrogens (tertiary/aromatic N) is 4. The number of nitrogens with two attached hydrogens (primary N) is 1. The fraction of sp³-hybridized carbons (Fsp3) is 0.500. The Balaban J connectivity index is 1.87. The molecular weight excluding hydrogens is 332 g/mol. The van der Waals surface area contributed by atoms with E-state index in [9.17, 15) is 9.59 Å². The molecule has 2 rings (SSSR count). The predicted molar refractivity (Wildman–Crippen MR) is 98.1 cm³/mol. The Morgan fingerprint density at radius 2 is 1.85 bits per heavy atom. The highest BCUT2D eigenvalue weighted by Crippen LogP contribution is 2.14.